The molecule has 0 unspecified atom stereocenters. The lowest BCUT2D eigenvalue weighted by molar-refractivity contribution is 0.102. The molecular weight excluding hydrogens is 260 g/mol. The Morgan fingerprint density at radius 3 is 2.95 bits per heavy atom. The zero-order chi connectivity index (χ0) is 13.7. The third-order valence-corrected chi connectivity index (χ3v) is 3.50. The number of anilines is 1. The summed E-state index contributed by atoms with van der Waals surface area (Å²) in [6, 6.07) is 7.50. The van der Waals surface area contributed by atoms with Crippen LogP contribution in [0, 0.1) is 0 Å². The highest BCUT2D eigenvalue weighted by Crippen LogP contribution is 2.18. The molecule has 1 heterocycles. The number of aryl methyl sites for hydroxylation is 1. The van der Waals surface area contributed by atoms with Crippen molar-refractivity contribution in [3.63, 3.8) is 0 Å². The third-order valence-electron chi connectivity index (χ3n) is 2.73. The van der Waals surface area contributed by atoms with Crippen LogP contribution in [0.2, 0.25) is 0 Å². The second-order valence-corrected chi connectivity index (χ2v) is 4.87. The zero-order valence-corrected chi connectivity index (χ0v) is 11.5. The molecule has 2 rings (SSSR count). The first kappa shape index (κ1) is 13.6. The van der Waals surface area contributed by atoms with Crippen LogP contribution < -0.4 is 11.1 Å². The zero-order valence-electron chi connectivity index (χ0n) is 10.7. The van der Waals surface area contributed by atoms with E-state index in [4.69, 9.17) is 5.73 Å². The molecule has 0 spiro atoms. The molecule has 0 aliphatic heterocycles. The molecule has 5 nitrogen and oxygen atoms in total. The molecule has 100 valence electrons. The topological polar surface area (TPSA) is 80.9 Å². The molecule has 1 amide bonds. The first-order chi connectivity index (χ1) is 9.26. The summed E-state index contributed by atoms with van der Waals surface area (Å²) < 4.78 is 3.85. The van der Waals surface area contributed by atoms with E-state index in [1.807, 2.05) is 31.2 Å². The molecule has 19 heavy (non-hydrogen) atoms. The van der Waals surface area contributed by atoms with E-state index in [2.05, 4.69) is 14.9 Å². The van der Waals surface area contributed by atoms with E-state index in [1.54, 1.807) is 0 Å². The predicted molar refractivity (Wildman–Crippen MR) is 76.2 cm³/mol. The number of amides is 1. The first-order valence-corrected chi connectivity index (χ1v) is 6.94. The molecular formula is C13H16N4OS. The van der Waals surface area contributed by atoms with Gasteiger partial charge in [-0.1, -0.05) is 36.0 Å². The summed E-state index contributed by atoms with van der Waals surface area (Å²) in [5.41, 5.74) is 8.06. The summed E-state index contributed by atoms with van der Waals surface area (Å²) in [6.07, 6.45) is 1.70. The van der Waals surface area contributed by atoms with Crippen molar-refractivity contribution < 1.29 is 4.79 Å². The Bertz CT molecular complexity index is 567. The van der Waals surface area contributed by atoms with Crippen LogP contribution in [0.3, 0.4) is 0 Å². The Morgan fingerprint density at radius 1 is 1.42 bits per heavy atom. The number of hydrogen-bond acceptors (Lipinski definition) is 5. The largest absolute Gasteiger partial charge is 0.326 e. The number of hydrogen-bond donors (Lipinski definition) is 2. The normalized spacial score (nSPS) is 10.4. The van der Waals surface area contributed by atoms with Gasteiger partial charge in [-0.3, -0.25) is 4.79 Å². The molecule has 0 aliphatic carbocycles. The fourth-order valence-corrected chi connectivity index (χ4v) is 2.38. The highest BCUT2D eigenvalue weighted by Gasteiger charge is 2.16. The number of para-hydroxylation sites is 1. The minimum atomic E-state index is -0.167. The Balaban J connectivity index is 2.18. The van der Waals surface area contributed by atoms with E-state index in [9.17, 15) is 4.79 Å². The number of benzene rings is 1. The predicted octanol–water partition coefficient (Wildman–Crippen LogP) is 2.20. The molecule has 0 bridgehead atoms. The maximum absolute atomic E-state index is 12.2. The van der Waals surface area contributed by atoms with Gasteiger partial charge in [0.25, 0.3) is 5.91 Å². The van der Waals surface area contributed by atoms with E-state index in [1.165, 1.54) is 0 Å². The van der Waals surface area contributed by atoms with Gasteiger partial charge in [0.1, 0.15) is 4.88 Å². The van der Waals surface area contributed by atoms with Crippen molar-refractivity contribution in [1.29, 1.82) is 0 Å². The van der Waals surface area contributed by atoms with Gasteiger partial charge in [0.2, 0.25) is 0 Å². The van der Waals surface area contributed by atoms with Crippen LogP contribution in [-0.2, 0) is 13.0 Å². The average molecular weight is 276 g/mol. The van der Waals surface area contributed by atoms with Gasteiger partial charge in [-0.05, 0) is 29.6 Å². The highest BCUT2D eigenvalue weighted by atomic mass is 32.1. The van der Waals surface area contributed by atoms with E-state index < -0.39 is 0 Å². The summed E-state index contributed by atoms with van der Waals surface area (Å²) >= 11 is 1.13. The Morgan fingerprint density at radius 2 is 2.21 bits per heavy atom. The van der Waals surface area contributed by atoms with Gasteiger partial charge in [-0.15, -0.1) is 5.10 Å². The molecule has 2 aromatic rings. The molecule has 0 saturated carbocycles. The quantitative estimate of drug-likeness (QED) is 0.877. The molecule has 0 aliphatic rings. The first-order valence-electron chi connectivity index (χ1n) is 6.16. The lowest BCUT2D eigenvalue weighted by atomic mass is 10.1. The van der Waals surface area contributed by atoms with Crippen LogP contribution in [0.5, 0.6) is 0 Å². The summed E-state index contributed by atoms with van der Waals surface area (Å²) in [7, 11) is 0. The van der Waals surface area contributed by atoms with Crippen LogP contribution in [0.4, 0.5) is 5.69 Å². The van der Waals surface area contributed by atoms with Crippen LogP contribution >= 0.6 is 11.5 Å². The van der Waals surface area contributed by atoms with E-state index in [0.717, 1.165) is 41.3 Å². The molecule has 1 aromatic carbocycles. The number of aromatic nitrogens is 2. The fraction of sp³-hybridized carbons (Fsp3) is 0.308. The Kier molecular flexibility index (Phi) is 4.59. The van der Waals surface area contributed by atoms with Gasteiger partial charge in [0, 0.05) is 12.2 Å². The van der Waals surface area contributed by atoms with Crippen LogP contribution in [0.15, 0.2) is 24.3 Å². The molecule has 0 radical (unpaired) electrons. The smallest absolute Gasteiger partial charge is 0.269 e. The molecule has 0 fully saturated rings. The van der Waals surface area contributed by atoms with Gasteiger partial charge in [-0.2, -0.15) is 0 Å². The summed E-state index contributed by atoms with van der Waals surface area (Å²) in [5, 5.41) is 6.87. The maximum Gasteiger partial charge on any atom is 0.269 e. The van der Waals surface area contributed by atoms with Crippen molar-refractivity contribution in [3.05, 3.63) is 40.4 Å². The standard InChI is InChI=1S/C13H16N4OS/c1-2-5-11-12(19-17-16-11)13(18)15-10-7-4-3-6-9(10)8-14/h3-4,6-7H,2,5,8,14H2,1H3,(H,15,18). The summed E-state index contributed by atoms with van der Waals surface area (Å²) in [4.78, 5) is 12.8. The summed E-state index contributed by atoms with van der Waals surface area (Å²) in [5.74, 6) is -0.167. The van der Waals surface area contributed by atoms with Gasteiger partial charge in [-0.25, -0.2) is 0 Å². The monoisotopic (exact) mass is 276 g/mol. The van der Waals surface area contributed by atoms with Crippen molar-refractivity contribution in [3.8, 4) is 0 Å². The number of nitrogens with zero attached hydrogens (tertiary/aromatic N) is 2. The number of nitrogens with two attached hydrogens (primary N) is 1. The molecule has 0 atom stereocenters. The van der Waals surface area contributed by atoms with Crippen molar-refractivity contribution in [1.82, 2.24) is 9.59 Å². The number of carbonyl (C=O) groups excluding carboxylic acids is 1. The molecule has 1 aromatic heterocycles. The van der Waals surface area contributed by atoms with Crippen molar-refractivity contribution in [2.75, 3.05) is 5.32 Å². The number of nitrogens with one attached hydrogen (secondary N) is 1. The summed E-state index contributed by atoms with van der Waals surface area (Å²) in [6.45, 7) is 2.43. The van der Waals surface area contributed by atoms with E-state index >= 15 is 0 Å². The van der Waals surface area contributed by atoms with Crippen molar-refractivity contribution in [2.45, 2.75) is 26.3 Å². The number of rotatable bonds is 5. The highest BCUT2D eigenvalue weighted by molar-refractivity contribution is 7.08. The van der Waals surface area contributed by atoms with Crippen molar-refractivity contribution >= 4 is 23.1 Å². The minimum Gasteiger partial charge on any atom is -0.326 e. The molecule has 3 N–H and O–H groups in total. The SMILES string of the molecule is CCCc1nnsc1C(=O)Nc1ccccc1CN. The van der Waals surface area contributed by atoms with Crippen molar-refractivity contribution in [2.24, 2.45) is 5.73 Å². The van der Waals surface area contributed by atoms with Crippen LogP contribution in [0.1, 0.15) is 34.3 Å². The van der Waals surface area contributed by atoms with Gasteiger partial charge >= 0.3 is 0 Å². The average Bonchev–Trinajstić information content (AvgIpc) is 2.88. The van der Waals surface area contributed by atoms with E-state index in [0.29, 0.717) is 11.4 Å². The molecule has 6 heteroatoms. The van der Waals surface area contributed by atoms with Gasteiger partial charge < -0.3 is 11.1 Å². The fourth-order valence-electron chi connectivity index (χ4n) is 1.78. The maximum atomic E-state index is 12.2. The van der Waals surface area contributed by atoms with Crippen LogP contribution in [0.25, 0.3) is 0 Å². The molecule has 0 saturated heterocycles. The number of carbonyl (C=O) groups is 1. The van der Waals surface area contributed by atoms with Gasteiger partial charge in [0.05, 0.1) is 5.69 Å². The lowest BCUT2D eigenvalue weighted by Gasteiger charge is -2.08. The Hall–Kier alpha value is -1.79. The van der Waals surface area contributed by atoms with Crippen LogP contribution in [-0.4, -0.2) is 15.5 Å². The second-order valence-electron chi connectivity index (χ2n) is 4.11. The lowest BCUT2D eigenvalue weighted by Crippen LogP contribution is -2.14. The minimum absolute atomic E-state index is 0.167. The van der Waals surface area contributed by atoms with Gasteiger partial charge in [0.15, 0.2) is 0 Å². The Labute approximate surface area is 116 Å². The third kappa shape index (κ3) is 3.15. The van der Waals surface area contributed by atoms with E-state index in [-0.39, 0.29) is 5.91 Å². The second kappa shape index (κ2) is 6.40.